The first-order valence-electron chi connectivity index (χ1n) is 5.39. The second-order valence-corrected chi connectivity index (χ2v) is 4.23. The summed E-state index contributed by atoms with van der Waals surface area (Å²) >= 11 is 0. The first-order chi connectivity index (χ1) is 7.63. The summed E-state index contributed by atoms with van der Waals surface area (Å²) in [6, 6.07) is -0.298. The maximum Gasteiger partial charge on any atom is 0.274 e. The number of hydrogen-bond acceptors (Lipinski definition) is 4. The van der Waals surface area contributed by atoms with E-state index < -0.39 is 0 Å². The molecule has 1 aliphatic carbocycles. The van der Waals surface area contributed by atoms with Gasteiger partial charge in [0.1, 0.15) is 0 Å². The zero-order valence-corrected chi connectivity index (χ0v) is 9.16. The molecule has 0 aromatic carbocycles. The van der Waals surface area contributed by atoms with Crippen LogP contribution in [0, 0.1) is 0 Å². The van der Waals surface area contributed by atoms with Crippen molar-refractivity contribution in [1.29, 1.82) is 0 Å². The fourth-order valence-corrected chi connectivity index (χ4v) is 1.56. The Bertz CT molecular complexity index is 398. The van der Waals surface area contributed by atoms with Crippen molar-refractivity contribution in [3.8, 4) is 0 Å². The lowest BCUT2D eigenvalue weighted by Crippen LogP contribution is -2.35. The van der Waals surface area contributed by atoms with Gasteiger partial charge in [-0.2, -0.15) is 5.10 Å². The van der Waals surface area contributed by atoms with Gasteiger partial charge in [0, 0.05) is 12.0 Å². The predicted molar refractivity (Wildman–Crippen MR) is 59.0 cm³/mol. The zero-order chi connectivity index (χ0) is 11.7. The van der Waals surface area contributed by atoms with Gasteiger partial charge in [-0.15, -0.1) is 0 Å². The lowest BCUT2D eigenvalue weighted by atomic mass is 10.2. The van der Waals surface area contributed by atoms with E-state index in [4.69, 9.17) is 10.8 Å². The number of nitrogen functional groups attached to an aromatic ring is 1. The van der Waals surface area contributed by atoms with E-state index in [2.05, 4.69) is 15.5 Å². The highest BCUT2D eigenvalue weighted by Gasteiger charge is 2.30. The van der Waals surface area contributed by atoms with Crippen molar-refractivity contribution >= 4 is 11.6 Å². The van der Waals surface area contributed by atoms with E-state index in [1.54, 1.807) is 6.92 Å². The second-order valence-electron chi connectivity index (χ2n) is 4.23. The van der Waals surface area contributed by atoms with Gasteiger partial charge in [0.05, 0.1) is 18.0 Å². The number of rotatable bonds is 4. The van der Waals surface area contributed by atoms with Gasteiger partial charge in [0.2, 0.25) is 0 Å². The fourth-order valence-electron chi connectivity index (χ4n) is 1.56. The number of anilines is 1. The number of aromatic nitrogens is 2. The Morgan fingerprint density at radius 2 is 2.44 bits per heavy atom. The van der Waals surface area contributed by atoms with Crippen LogP contribution in [-0.2, 0) is 0 Å². The number of nitrogens with two attached hydrogens (primary N) is 1. The number of H-pyrrole nitrogens is 1. The zero-order valence-electron chi connectivity index (χ0n) is 9.16. The quantitative estimate of drug-likeness (QED) is 0.577. The summed E-state index contributed by atoms with van der Waals surface area (Å²) < 4.78 is 0. The highest BCUT2D eigenvalue weighted by Crippen LogP contribution is 2.42. The number of nitrogens with one attached hydrogen (secondary N) is 2. The number of hydrogen-bond donors (Lipinski definition) is 4. The smallest absolute Gasteiger partial charge is 0.274 e. The molecule has 6 heteroatoms. The molecule has 16 heavy (non-hydrogen) atoms. The van der Waals surface area contributed by atoms with Gasteiger partial charge >= 0.3 is 0 Å². The molecule has 1 amide bonds. The SMILES string of the molecule is C[C@@H](CO)NC(=O)c1n[nH]c(C2CC2)c1N. The Morgan fingerprint density at radius 1 is 1.75 bits per heavy atom. The van der Waals surface area contributed by atoms with E-state index in [-0.39, 0.29) is 24.2 Å². The molecule has 0 bridgehead atoms. The van der Waals surface area contributed by atoms with Crippen LogP contribution in [0.2, 0.25) is 0 Å². The van der Waals surface area contributed by atoms with E-state index in [0.29, 0.717) is 11.6 Å². The monoisotopic (exact) mass is 224 g/mol. The fraction of sp³-hybridized carbons (Fsp3) is 0.600. The van der Waals surface area contributed by atoms with Crippen molar-refractivity contribution in [2.75, 3.05) is 12.3 Å². The molecule has 0 unspecified atom stereocenters. The standard InChI is InChI=1S/C10H16N4O2/c1-5(4-15)12-10(16)9-7(11)8(13-14-9)6-2-3-6/h5-6,15H,2-4,11H2,1H3,(H,12,16)(H,13,14)/t5-/m0/s1. The van der Waals surface area contributed by atoms with Crippen LogP contribution in [0.4, 0.5) is 5.69 Å². The Kier molecular flexibility index (Phi) is 2.82. The van der Waals surface area contributed by atoms with E-state index in [1.165, 1.54) is 0 Å². The van der Waals surface area contributed by atoms with Gasteiger partial charge in [0.15, 0.2) is 5.69 Å². The summed E-state index contributed by atoms with van der Waals surface area (Å²) in [6.07, 6.45) is 2.20. The van der Waals surface area contributed by atoms with E-state index in [9.17, 15) is 4.79 Å². The van der Waals surface area contributed by atoms with Crippen LogP contribution < -0.4 is 11.1 Å². The molecule has 0 saturated heterocycles. The van der Waals surface area contributed by atoms with Gasteiger partial charge in [-0.25, -0.2) is 0 Å². The third-order valence-corrected chi connectivity index (χ3v) is 2.69. The molecule has 1 atom stereocenters. The van der Waals surface area contributed by atoms with E-state index >= 15 is 0 Å². The minimum Gasteiger partial charge on any atom is -0.395 e. The molecule has 2 rings (SSSR count). The Labute approximate surface area is 93.2 Å². The van der Waals surface area contributed by atoms with Gasteiger partial charge in [0.25, 0.3) is 5.91 Å². The maximum atomic E-state index is 11.7. The van der Waals surface area contributed by atoms with Gasteiger partial charge in [-0.05, 0) is 19.8 Å². The molecule has 0 spiro atoms. The largest absolute Gasteiger partial charge is 0.395 e. The molecular weight excluding hydrogens is 208 g/mol. The number of aliphatic hydroxyl groups excluding tert-OH is 1. The molecule has 1 aromatic heterocycles. The summed E-state index contributed by atoms with van der Waals surface area (Å²) in [5.41, 5.74) is 7.37. The van der Waals surface area contributed by atoms with Crippen LogP contribution >= 0.6 is 0 Å². The average molecular weight is 224 g/mol. The molecular formula is C10H16N4O2. The molecule has 0 aliphatic heterocycles. The molecule has 1 aliphatic rings. The third-order valence-electron chi connectivity index (χ3n) is 2.69. The predicted octanol–water partition coefficient (Wildman–Crippen LogP) is -0.0201. The molecule has 1 heterocycles. The minimum absolute atomic E-state index is 0.106. The van der Waals surface area contributed by atoms with Crippen LogP contribution in [0.5, 0.6) is 0 Å². The summed E-state index contributed by atoms with van der Waals surface area (Å²) in [5.74, 6) is 0.0894. The highest BCUT2D eigenvalue weighted by atomic mass is 16.3. The average Bonchev–Trinajstić information content (AvgIpc) is 3.02. The number of amides is 1. The number of aliphatic hydroxyl groups is 1. The molecule has 5 N–H and O–H groups in total. The Balaban J connectivity index is 2.11. The van der Waals surface area contributed by atoms with Crippen molar-refractivity contribution < 1.29 is 9.90 Å². The van der Waals surface area contributed by atoms with Crippen LogP contribution in [0.15, 0.2) is 0 Å². The number of carbonyl (C=O) groups is 1. The Hall–Kier alpha value is -1.56. The van der Waals surface area contributed by atoms with Crippen molar-refractivity contribution in [3.05, 3.63) is 11.4 Å². The number of nitrogens with zero attached hydrogens (tertiary/aromatic N) is 1. The molecule has 1 saturated carbocycles. The third kappa shape index (κ3) is 2.01. The van der Waals surface area contributed by atoms with E-state index in [1.807, 2.05) is 0 Å². The lowest BCUT2D eigenvalue weighted by Gasteiger charge is -2.09. The minimum atomic E-state index is -0.345. The first-order valence-corrected chi connectivity index (χ1v) is 5.39. The van der Waals surface area contributed by atoms with Gasteiger partial charge in [-0.1, -0.05) is 0 Å². The first kappa shape index (κ1) is 10.9. The normalized spacial score (nSPS) is 17.1. The van der Waals surface area contributed by atoms with Crippen LogP contribution in [0.1, 0.15) is 41.9 Å². The van der Waals surface area contributed by atoms with Crippen LogP contribution in [0.25, 0.3) is 0 Å². The Morgan fingerprint density at radius 3 is 3.00 bits per heavy atom. The molecule has 6 nitrogen and oxygen atoms in total. The second kappa shape index (κ2) is 4.13. The highest BCUT2D eigenvalue weighted by molar-refractivity contribution is 5.97. The maximum absolute atomic E-state index is 11.7. The van der Waals surface area contributed by atoms with Crippen molar-refractivity contribution in [3.63, 3.8) is 0 Å². The molecule has 0 radical (unpaired) electrons. The summed E-state index contributed by atoms with van der Waals surface area (Å²) in [7, 11) is 0. The molecule has 1 fully saturated rings. The van der Waals surface area contributed by atoms with Crippen LogP contribution in [0.3, 0.4) is 0 Å². The van der Waals surface area contributed by atoms with Gasteiger partial charge < -0.3 is 16.2 Å². The lowest BCUT2D eigenvalue weighted by molar-refractivity contribution is 0.0918. The van der Waals surface area contributed by atoms with Crippen molar-refractivity contribution in [2.24, 2.45) is 0 Å². The number of carbonyl (C=O) groups excluding carboxylic acids is 1. The van der Waals surface area contributed by atoms with Crippen LogP contribution in [-0.4, -0.2) is 33.9 Å². The summed E-state index contributed by atoms with van der Waals surface area (Å²) in [4.78, 5) is 11.7. The molecule has 88 valence electrons. The van der Waals surface area contributed by atoms with E-state index in [0.717, 1.165) is 18.5 Å². The number of aromatic amines is 1. The summed E-state index contributed by atoms with van der Waals surface area (Å²) in [6.45, 7) is 1.61. The van der Waals surface area contributed by atoms with Crippen molar-refractivity contribution in [1.82, 2.24) is 15.5 Å². The summed E-state index contributed by atoms with van der Waals surface area (Å²) in [5, 5.41) is 18.2. The molecule has 1 aromatic rings. The van der Waals surface area contributed by atoms with Crippen molar-refractivity contribution in [2.45, 2.75) is 31.7 Å². The van der Waals surface area contributed by atoms with Gasteiger partial charge in [-0.3, -0.25) is 9.89 Å². The topological polar surface area (TPSA) is 104 Å².